The Morgan fingerprint density at radius 2 is 1.79 bits per heavy atom. The number of unbranched alkanes of at least 4 members (excludes halogenated alkanes) is 3. The van der Waals surface area contributed by atoms with Crippen molar-refractivity contribution in [1.29, 1.82) is 0 Å². The van der Waals surface area contributed by atoms with Crippen LogP contribution in [0, 0.1) is 0 Å². The molecule has 1 unspecified atom stereocenters. The Bertz CT molecular complexity index is 107. The largest absolute Gasteiger partial charge is 0.394 e. The Morgan fingerprint density at radius 3 is 2.43 bits per heavy atom. The Labute approximate surface area is 87.1 Å². The molecule has 0 rings (SSSR count). The molecule has 0 aliphatic rings. The van der Waals surface area contributed by atoms with Crippen molar-refractivity contribution in [3.8, 4) is 0 Å². The van der Waals surface area contributed by atoms with Gasteiger partial charge in [-0.25, -0.2) is 0 Å². The van der Waals surface area contributed by atoms with Crippen molar-refractivity contribution in [3.63, 3.8) is 0 Å². The molecule has 0 aliphatic carbocycles. The monoisotopic (exact) mass is 204 g/mol. The van der Waals surface area contributed by atoms with Crippen LogP contribution in [0.4, 0.5) is 0 Å². The topological polar surface area (TPSA) is 49.7 Å². The molecule has 0 aliphatic heterocycles. The molecule has 0 amide bonds. The average molecular weight is 204 g/mol. The van der Waals surface area contributed by atoms with Gasteiger partial charge in [0.2, 0.25) is 0 Å². The smallest absolute Gasteiger partial charge is 0.0771 e. The number of aliphatic hydroxyl groups is 2. The summed E-state index contributed by atoms with van der Waals surface area (Å²) in [6.45, 7) is 3.58. The molecule has 0 heterocycles. The lowest BCUT2D eigenvalue weighted by Gasteiger charge is -2.07. The van der Waals surface area contributed by atoms with Crippen LogP contribution in [-0.2, 0) is 4.74 Å². The molecule has 0 fully saturated rings. The zero-order valence-corrected chi connectivity index (χ0v) is 9.24. The molecule has 0 bridgehead atoms. The van der Waals surface area contributed by atoms with Crippen LogP contribution >= 0.6 is 0 Å². The van der Waals surface area contributed by atoms with Gasteiger partial charge in [-0.3, -0.25) is 0 Å². The second-order valence-electron chi connectivity index (χ2n) is 3.65. The maximum Gasteiger partial charge on any atom is 0.0771 e. The quantitative estimate of drug-likeness (QED) is 0.533. The summed E-state index contributed by atoms with van der Waals surface area (Å²) in [7, 11) is 0. The van der Waals surface area contributed by atoms with E-state index in [2.05, 4.69) is 6.92 Å². The number of rotatable bonds is 10. The molecule has 14 heavy (non-hydrogen) atoms. The second-order valence-corrected chi connectivity index (χ2v) is 3.65. The van der Waals surface area contributed by atoms with Crippen LogP contribution in [0.1, 0.15) is 45.4 Å². The minimum absolute atomic E-state index is 0.142. The molecule has 3 nitrogen and oxygen atoms in total. The summed E-state index contributed by atoms with van der Waals surface area (Å²) in [5.41, 5.74) is 0. The highest BCUT2D eigenvalue weighted by atomic mass is 16.5. The van der Waals surface area contributed by atoms with E-state index in [0.717, 1.165) is 19.4 Å². The second kappa shape index (κ2) is 11.0. The molecule has 2 N–H and O–H groups in total. The van der Waals surface area contributed by atoms with E-state index in [1.165, 1.54) is 19.3 Å². The van der Waals surface area contributed by atoms with Crippen LogP contribution in [0.15, 0.2) is 0 Å². The minimum atomic E-state index is -0.571. The molecule has 3 heteroatoms. The molecular formula is C11H24O3. The van der Waals surface area contributed by atoms with Gasteiger partial charge in [0, 0.05) is 13.2 Å². The van der Waals surface area contributed by atoms with Gasteiger partial charge in [0.1, 0.15) is 0 Å². The zero-order valence-electron chi connectivity index (χ0n) is 9.24. The highest BCUT2D eigenvalue weighted by Gasteiger charge is 2.00. The van der Waals surface area contributed by atoms with Crippen LogP contribution in [-0.4, -0.2) is 36.1 Å². The molecular weight excluding hydrogens is 180 g/mol. The van der Waals surface area contributed by atoms with Crippen molar-refractivity contribution in [2.75, 3.05) is 19.8 Å². The van der Waals surface area contributed by atoms with E-state index >= 15 is 0 Å². The van der Waals surface area contributed by atoms with E-state index in [1.807, 2.05) is 0 Å². The minimum Gasteiger partial charge on any atom is -0.394 e. The molecule has 1 atom stereocenters. The van der Waals surface area contributed by atoms with Crippen molar-refractivity contribution in [2.24, 2.45) is 0 Å². The third-order valence-corrected chi connectivity index (χ3v) is 2.18. The third kappa shape index (κ3) is 9.96. The van der Waals surface area contributed by atoms with Gasteiger partial charge in [0.25, 0.3) is 0 Å². The van der Waals surface area contributed by atoms with Crippen LogP contribution < -0.4 is 0 Å². The van der Waals surface area contributed by atoms with Crippen molar-refractivity contribution in [3.05, 3.63) is 0 Å². The Hall–Kier alpha value is -0.120. The normalized spacial score (nSPS) is 13.1. The molecule has 0 aromatic carbocycles. The summed E-state index contributed by atoms with van der Waals surface area (Å²) in [5.74, 6) is 0. The fourth-order valence-electron chi connectivity index (χ4n) is 1.25. The first kappa shape index (κ1) is 13.9. The number of ether oxygens (including phenoxy) is 1. The highest BCUT2D eigenvalue weighted by Crippen LogP contribution is 2.00. The van der Waals surface area contributed by atoms with Gasteiger partial charge in [-0.05, 0) is 19.3 Å². The predicted octanol–water partition coefficient (Wildman–Crippen LogP) is 1.72. The molecule has 0 saturated heterocycles. The summed E-state index contributed by atoms with van der Waals surface area (Å²) in [4.78, 5) is 0. The summed E-state index contributed by atoms with van der Waals surface area (Å²) < 4.78 is 5.38. The summed E-state index contributed by atoms with van der Waals surface area (Å²) in [6.07, 6.45) is 5.81. The van der Waals surface area contributed by atoms with Crippen molar-refractivity contribution in [2.45, 2.75) is 51.6 Å². The van der Waals surface area contributed by atoms with Gasteiger partial charge in [0.15, 0.2) is 0 Å². The maximum atomic E-state index is 9.03. The van der Waals surface area contributed by atoms with Gasteiger partial charge >= 0.3 is 0 Å². The summed E-state index contributed by atoms with van der Waals surface area (Å²) in [6, 6.07) is 0. The van der Waals surface area contributed by atoms with Crippen LogP contribution in [0.25, 0.3) is 0 Å². The molecule has 86 valence electrons. The van der Waals surface area contributed by atoms with E-state index in [-0.39, 0.29) is 6.61 Å². The fourth-order valence-corrected chi connectivity index (χ4v) is 1.25. The molecule has 0 spiro atoms. The fraction of sp³-hybridized carbons (Fsp3) is 1.00. The van der Waals surface area contributed by atoms with E-state index in [1.54, 1.807) is 0 Å². The zero-order chi connectivity index (χ0) is 10.6. The first-order chi connectivity index (χ1) is 6.81. The lowest BCUT2D eigenvalue weighted by atomic mass is 10.2. The third-order valence-electron chi connectivity index (χ3n) is 2.18. The predicted molar refractivity (Wildman–Crippen MR) is 57.3 cm³/mol. The van der Waals surface area contributed by atoms with Gasteiger partial charge in [-0.15, -0.1) is 0 Å². The van der Waals surface area contributed by atoms with Crippen molar-refractivity contribution < 1.29 is 14.9 Å². The molecule has 0 radical (unpaired) electrons. The first-order valence-corrected chi connectivity index (χ1v) is 5.68. The molecule has 0 aromatic rings. The highest BCUT2D eigenvalue weighted by molar-refractivity contribution is 4.51. The lowest BCUT2D eigenvalue weighted by Crippen LogP contribution is -2.12. The molecule has 0 saturated carbocycles. The maximum absolute atomic E-state index is 9.03. The Morgan fingerprint density at radius 1 is 1.07 bits per heavy atom. The molecule has 0 aromatic heterocycles. The van der Waals surface area contributed by atoms with Gasteiger partial charge < -0.3 is 14.9 Å². The number of hydrogen-bond donors (Lipinski definition) is 2. The van der Waals surface area contributed by atoms with Crippen molar-refractivity contribution >= 4 is 0 Å². The van der Waals surface area contributed by atoms with E-state index < -0.39 is 6.10 Å². The standard InChI is InChI=1S/C11H24O3/c1-2-3-4-5-8-14-9-6-7-11(13)10-12/h11-13H,2-10H2,1H3. The lowest BCUT2D eigenvalue weighted by molar-refractivity contribution is 0.0695. The van der Waals surface area contributed by atoms with Crippen LogP contribution in [0.3, 0.4) is 0 Å². The average Bonchev–Trinajstić information content (AvgIpc) is 2.21. The Kier molecular flexibility index (Phi) is 10.9. The summed E-state index contributed by atoms with van der Waals surface area (Å²) in [5, 5.41) is 17.6. The van der Waals surface area contributed by atoms with Crippen LogP contribution in [0.5, 0.6) is 0 Å². The first-order valence-electron chi connectivity index (χ1n) is 5.68. The number of aliphatic hydroxyl groups excluding tert-OH is 2. The van der Waals surface area contributed by atoms with E-state index in [9.17, 15) is 0 Å². The van der Waals surface area contributed by atoms with Gasteiger partial charge in [0.05, 0.1) is 12.7 Å². The SMILES string of the molecule is CCCCCCOCCCC(O)CO. The van der Waals surface area contributed by atoms with Gasteiger partial charge in [-0.1, -0.05) is 26.2 Å². The number of hydrogen-bond acceptors (Lipinski definition) is 3. The van der Waals surface area contributed by atoms with E-state index in [0.29, 0.717) is 13.0 Å². The van der Waals surface area contributed by atoms with Crippen molar-refractivity contribution in [1.82, 2.24) is 0 Å². The van der Waals surface area contributed by atoms with Crippen LogP contribution in [0.2, 0.25) is 0 Å². The Balaban J connectivity index is 2.92. The summed E-state index contributed by atoms with van der Waals surface area (Å²) >= 11 is 0. The van der Waals surface area contributed by atoms with E-state index in [4.69, 9.17) is 14.9 Å². The van der Waals surface area contributed by atoms with Gasteiger partial charge in [-0.2, -0.15) is 0 Å².